The van der Waals surface area contributed by atoms with Crippen molar-refractivity contribution < 1.29 is 9.84 Å². The highest BCUT2D eigenvalue weighted by Gasteiger charge is 2.22. The average molecular weight is 173 g/mol. The SMILES string of the molecule is CCC(OC)N1CCCC(O)C1. The molecule has 1 heterocycles. The normalized spacial score (nSPS) is 28.8. The molecule has 0 radical (unpaired) electrons. The van der Waals surface area contributed by atoms with E-state index in [1.54, 1.807) is 7.11 Å². The molecule has 0 saturated carbocycles. The maximum atomic E-state index is 9.42. The van der Waals surface area contributed by atoms with Crippen LogP contribution in [0.3, 0.4) is 0 Å². The van der Waals surface area contributed by atoms with E-state index in [2.05, 4.69) is 11.8 Å². The molecule has 0 bridgehead atoms. The highest BCUT2D eigenvalue weighted by molar-refractivity contribution is 4.73. The van der Waals surface area contributed by atoms with E-state index in [0.29, 0.717) is 0 Å². The van der Waals surface area contributed by atoms with E-state index >= 15 is 0 Å². The van der Waals surface area contributed by atoms with Crippen LogP contribution in [-0.4, -0.2) is 42.5 Å². The number of piperidine rings is 1. The van der Waals surface area contributed by atoms with Crippen molar-refractivity contribution in [3.8, 4) is 0 Å². The van der Waals surface area contributed by atoms with E-state index in [9.17, 15) is 5.11 Å². The predicted molar refractivity (Wildman–Crippen MR) is 47.9 cm³/mol. The van der Waals surface area contributed by atoms with Gasteiger partial charge < -0.3 is 9.84 Å². The van der Waals surface area contributed by atoms with E-state index in [1.807, 2.05) is 0 Å². The van der Waals surface area contributed by atoms with Crippen molar-refractivity contribution in [2.45, 2.75) is 38.5 Å². The quantitative estimate of drug-likeness (QED) is 0.686. The summed E-state index contributed by atoms with van der Waals surface area (Å²) in [5.41, 5.74) is 0. The van der Waals surface area contributed by atoms with Gasteiger partial charge in [-0.25, -0.2) is 0 Å². The molecule has 1 aliphatic heterocycles. The molecule has 3 heteroatoms. The van der Waals surface area contributed by atoms with Gasteiger partial charge in [0.25, 0.3) is 0 Å². The number of hydrogen-bond acceptors (Lipinski definition) is 3. The molecule has 0 aromatic rings. The fourth-order valence-electron chi connectivity index (χ4n) is 1.82. The number of rotatable bonds is 3. The first-order valence-electron chi connectivity index (χ1n) is 4.72. The minimum atomic E-state index is -0.150. The highest BCUT2D eigenvalue weighted by atomic mass is 16.5. The molecule has 12 heavy (non-hydrogen) atoms. The molecular formula is C9H19NO2. The molecule has 2 atom stereocenters. The summed E-state index contributed by atoms with van der Waals surface area (Å²) in [5, 5.41) is 9.42. The Morgan fingerprint density at radius 3 is 2.92 bits per heavy atom. The summed E-state index contributed by atoms with van der Waals surface area (Å²) in [6.07, 6.45) is 3.06. The van der Waals surface area contributed by atoms with Gasteiger partial charge in [0.15, 0.2) is 0 Å². The Labute approximate surface area is 74.3 Å². The number of methoxy groups -OCH3 is 1. The summed E-state index contributed by atoms with van der Waals surface area (Å²) in [6.45, 7) is 3.94. The van der Waals surface area contributed by atoms with Crippen molar-refractivity contribution in [3.63, 3.8) is 0 Å². The Hall–Kier alpha value is -0.120. The molecule has 1 aliphatic rings. The molecule has 2 unspecified atom stereocenters. The van der Waals surface area contributed by atoms with Gasteiger partial charge in [-0.3, -0.25) is 4.90 Å². The first kappa shape index (κ1) is 9.96. The Balaban J connectivity index is 2.38. The summed E-state index contributed by atoms with van der Waals surface area (Å²) in [6, 6.07) is 0. The van der Waals surface area contributed by atoms with Gasteiger partial charge in [0.05, 0.1) is 6.10 Å². The largest absolute Gasteiger partial charge is 0.392 e. The third kappa shape index (κ3) is 2.44. The van der Waals surface area contributed by atoms with E-state index in [4.69, 9.17) is 4.74 Å². The van der Waals surface area contributed by atoms with Gasteiger partial charge in [0.1, 0.15) is 6.23 Å². The Morgan fingerprint density at radius 1 is 1.67 bits per heavy atom. The van der Waals surface area contributed by atoms with Gasteiger partial charge >= 0.3 is 0 Å². The van der Waals surface area contributed by atoms with Crippen LogP contribution in [0.2, 0.25) is 0 Å². The van der Waals surface area contributed by atoms with Crippen LogP contribution in [0, 0.1) is 0 Å². The number of aliphatic hydroxyl groups is 1. The summed E-state index contributed by atoms with van der Waals surface area (Å²) >= 11 is 0. The van der Waals surface area contributed by atoms with Crippen LogP contribution in [-0.2, 0) is 4.74 Å². The highest BCUT2D eigenvalue weighted by Crippen LogP contribution is 2.14. The summed E-state index contributed by atoms with van der Waals surface area (Å²) in [4.78, 5) is 2.22. The second kappa shape index (κ2) is 4.80. The lowest BCUT2D eigenvalue weighted by atomic mass is 10.1. The minimum Gasteiger partial charge on any atom is -0.392 e. The van der Waals surface area contributed by atoms with Crippen molar-refractivity contribution >= 4 is 0 Å². The van der Waals surface area contributed by atoms with Gasteiger partial charge in [0.2, 0.25) is 0 Å². The molecule has 0 spiro atoms. The number of nitrogens with zero attached hydrogens (tertiary/aromatic N) is 1. The average Bonchev–Trinajstić information content (AvgIpc) is 2.07. The monoisotopic (exact) mass is 173 g/mol. The topological polar surface area (TPSA) is 32.7 Å². The van der Waals surface area contributed by atoms with Crippen molar-refractivity contribution in [3.05, 3.63) is 0 Å². The van der Waals surface area contributed by atoms with E-state index in [0.717, 1.165) is 32.4 Å². The Bertz CT molecular complexity index is 126. The van der Waals surface area contributed by atoms with Crippen LogP contribution < -0.4 is 0 Å². The van der Waals surface area contributed by atoms with Crippen LogP contribution in [0.5, 0.6) is 0 Å². The van der Waals surface area contributed by atoms with Crippen LogP contribution >= 0.6 is 0 Å². The molecule has 0 aromatic heterocycles. The third-order valence-corrected chi connectivity index (χ3v) is 2.46. The zero-order valence-corrected chi connectivity index (χ0v) is 7.99. The van der Waals surface area contributed by atoms with Crippen LogP contribution in [0.15, 0.2) is 0 Å². The van der Waals surface area contributed by atoms with E-state index in [-0.39, 0.29) is 12.3 Å². The molecule has 1 rings (SSSR count). The number of hydrogen-bond donors (Lipinski definition) is 1. The van der Waals surface area contributed by atoms with E-state index < -0.39 is 0 Å². The molecule has 3 nitrogen and oxygen atoms in total. The molecule has 1 saturated heterocycles. The minimum absolute atomic E-state index is 0.150. The van der Waals surface area contributed by atoms with Crippen LogP contribution in [0.1, 0.15) is 26.2 Å². The lowest BCUT2D eigenvalue weighted by Gasteiger charge is -2.35. The van der Waals surface area contributed by atoms with Crippen molar-refractivity contribution in [1.82, 2.24) is 4.90 Å². The Morgan fingerprint density at radius 2 is 2.42 bits per heavy atom. The van der Waals surface area contributed by atoms with Crippen LogP contribution in [0.25, 0.3) is 0 Å². The first-order valence-corrected chi connectivity index (χ1v) is 4.72. The third-order valence-electron chi connectivity index (χ3n) is 2.46. The number of β-amino-alcohol motifs (C(OH)–C–C–N with tert-alkyl or cyclic N) is 1. The Kier molecular flexibility index (Phi) is 3.98. The van der Waals surface area contributed by atoms with Crippen molar-refractivity contribution in [2.24, 2.45) is 0 Å². The smallest absolute Gasteiger partial charge is 0.110 e. The molecule has 1 fully saturated rings. The summed E-state index contributed by atoms with van der Waals surface area (Å²) in [5.74, 6) is 0. The van der Waals surface area contributed by atoms with E-state index in [1.165, 1.54) is 0 Å². The number of ether oxygens (including phenoxy) is 1. The van der Waals surface area contributed by atoms with Crippen LogP contribution in [0.4, 0.5) is 0 Å². The maximum absolute atomic E-state index is 9.42. The van der Waals surface area contributed by atoms with Gasteiger partial charge in [-0.05, 0) is 19.3 Å². The first-order chi connectivity index (χ1) is 5.77. The molecular weight excluding hydrogens is 154 g/mol. The lowest BCUT2D eigenvalue weighted by Crippen LogP contribution is -2.45. The fraction of sp³-hybridized carbons (Fsp3) is 1.00. The number of aliphatic hydroxyl groups excluding tert-OH is 1. The molecule has 0 amide bonds. The fourth-order valence-corrected chi connectivity index (χ4v) is 1.82. The lowest BCUT2D eigenvalue weighted by molar-refractivity contribution is -0.0684. The molecule has 72 valence electrons. The zero-order valence-electron chi connectivity index (χ0n) is 7.99. The maximum Gasteiger partial charge on any atom is 0.110 e. The van der Waals surface area contributed by atoms with Crippen molar-refractivity contribution in [1.29, 1.82) is 0 Å². The summed E-state index contributed by atoms with van der Waals surface area (Å²) < 4.78 is 5.30. The zero-order chi connectivity index (χ0) is 8.97. The predicted octanol–water partition coefficient (Wildman–Crippen LogP) is 0.826. The van der Waals surface area contributed by atoms with Gasteiger partial charge in [-0.1, -0.05) is 6.92 Å². The molecule has 0 aliphatic carbocycles. The van der Waals surface area contributed by atoms with Crippen molar-refractivity contribution in [2.75, 3.05) is 20.2 Å². The molecule has 0 aromatic carbocycles. The number of likely N-dealkylation sites (tertiary alicyclic amines) is 1. The summed E-state index contributed by atoms with van der Waals surface area (Å²) in [7, 11) is 1.73. The second-order valence-corrected chi connectivity index (χ2v) is 3.39. The standard InChI is InChI=1S/C9H19NO2/c1-3-9(12-2)10-6-4-5-8(11)7-10/h8-9,11H,3-7H2,1-2H3. The van der Waals surface area contributed by atoms with Gasteiger partial charge in [-0.15, -0.1) is 0 Å². The van der Waals surface area contributed by atoms with Gasteiger partial charge in [0, 0.05) is 20.2 Å². The second-order valence-electron chi connectivity index (χ2n) is 3.39. The molecule has 1 N–H and O–H groups in total. The van der Waals surface area contributed by atoms with Gasteiger partial charge in [-0.2, -0.15) is 0 Å².